The summed E-state index contributed by atoms with van der Waals surface area (Å²) < 4.78 is 4.69. The molecular weight excluding hydrogens is 248 g/mol. The summed E-state index contributed by atoms with van der Waals surface area (Å²) in [5.74, 6) is -0.309. The number of carbonyl (C=O) groups excluding carboxylic acids is 1. The van der Waals surface area contributed by atoms with E-state index in [1.807, 2.05) is 24.3 Å². The van der Waals surface area contributed by atoms with Gasteiger partial charge in [0.1, 0.15) is 0 Å². The lowest BCUT2D eigenvalue weighted by Crippen LogP contribution is -1.97. The van der Waals surface area contributed by atoms with Gasteiger partial charge in [-0.15, -0.1) is 0 Å². The van der Waals surface area contributed by atoms with Crippen molar-refractivity contribution in [1.29, 1.82) is 0 Å². The minimum atomic E-state index is -0.309. The van der Waals surface area contributed by atoms with Gasteiger partial charge in [-0.2, -0.15) is 0 Å². The van der Waals surface area contributed by atoms with Gasteiger partial charge in [0.15, 0.2) is 0 Å². The number of hydrogen-bond acceptors (Lipinski definition) is 2. The minimum absolute atomic E-state index is 0.309. The maximum Gasteiger partial charge on any atom is 0.330 e. The Balaban J connectivity index is 2.85. The van der Waals surface area contributed by atoms with Crippen molar-refractivity contribution in [3.05, 3.63) is 40.9 Å². The van der Waals surface area contributed by atoms with Crippen molar-refractivity contribution in [2.24, 2.45) is 0 Å². The average Bonchev–Trinajstić information content (AvgIpc) is 2.38. The molecule has 0 bridgehead atoms. The van der Waals surface area contributed by atoms with Crippen LogP contribution < -0.4 is 0 Å². The number of allylic oxidation sites excluding steroid dienone is 1. The Morgan fingerprint density at radius 2 is 1.94 bits per heavy atom. The van der Waals surface area contributed by atoms with Gasteiger partial charge in [0.05, 0.1) is 7.11 Å². The van der Waals surface area contributed by atoms with Crippen LogP contribution >= 0.6 is 11.6 Å². The highest BCUT2D eigenvalue weighted by molar-refractivity contribution is 6.30. The average molecular weight is 267 g/mol. The molecule has 2 nitrogen and oxygen atoms in total. The normalized spacial score (nSPS) is 11.4. The molecule has 0 spiro atoms. The van der Waals surface area contributed by atoms with Crippen LogP contribution in [0.2, 0.25) is 5.02 Å². The topological polar surface area (TPSA) is 26.3 Å². The van der Waals surface area contributed by atoms with E-state index in [1.54, 1.807) is 6.08 Å². The molecule has 0 aliphatic carbocycles. The first-order chi connectivity index (χ1) is 8.67. The van der Waals surface area contributed by atoms with Gasteiger partial charge >= 0.3 is 5.97 Å². The number of benzene rings is 1. The maximum absolute atomic E-state index is 11.4. The number of rotatable bonds is 6. The van der Waals surface area contributed by atoms with Crippen molar-refractivity contribution in [1.82, 2.24) is 0 Å². The number of carbonyl (C=O) groups is 1. The first-order valence-electron chi connectivity index (χ1n) is 6.21. The van der Waals surface area contributed by atoms with Gasteiger partial charge in [-0.3, -0.25) is 0 Å². The van der Waals surface area contributed by atoms with E-state index in [1.165, 1.54) is 7.11 Å². The molecule has 0 saturated carbocycles. The van der Waals surface area contributed by atoms with Gasteiger partial charge in [0, 0.05) is 11.1 Å². The van der Waals surface area contributed by atoms with E-state index >= 15 is 0 Å². The second-order valence-corrected chi connectivity index (χ2v) is 4.59. The molecule has 0 unspecified atom stereocenters. The smallest absolute Gasteiger partial charge is 0.330 e. The third kappa shape index (κ3) is 4.92. The van der Waals surface area contributed by atoms with Crippen molar-refractivity contribution >= 4 is 23.1 Å². The van der Waals surface area contributed by atoms with E-state index in [-0.39, 0.29) is 5.97 Å². The first kappa shape index (κ1) is 14.8. The summed E-state index contributed by atoms with van der Waals surface area (Å²) >= 11 is 5.87. The lowest BCUT2D eigenvalue weighted by molar-refractivity contribution is -0.134. The van der Waals surface area contributed by atoms with E-state index in [2.05, 4.69) is 6.92 Å². The van der Waals surface area contributed by atoms with Crippen LogP contribution in [-0.4, -0.2) is 13.1 Å². The SMILES string of the molecule is CCCCC/C(=C\C(=O)OC)c1ccc(Cl)cc1. The minimum Gasteiger partial charge on any atom is -0.466 e. The van der Waals surface area contributed by atoms with Gasteiger partial charge < -0.3 is 4.74 Å². The highest BCUT2D eigenvalue weighted by atomic mass is 35.5. The standard InChI is InChI=1S/C15H19ClO2/c1-3-4-5-6-13(11-15(17)18-2)12-7-9-14(16)10-8-12/h7-11H,3-6H2,1-2H3/b13-11+. The summed E-state index contributed by atoms with van der Waals surface area (Å²) in [5, 5.41) is 0.699. The second kappa shape index (κ2) is 7.93. The molecule has 1 aromatic rings. The van der Waals surface area contributed by atoms with Gasteiger partial charge in [0.2, 0.25) is 0 Å². The number of methoxy groups -OCH3 is 1. The molecule has 0 atom stereocenters. The number of esters is 1. The van der Waals surface area contributed by atoms with Gasteiger partial charge in [-0.25, -0.2) is 4.79 Å². The molecule has 18 heavy (non-hydrogen) atoms. The highest BCUT2D eigenvalue weighted by Gasteiger charge is 2.05. The van der Waals surface area contributed by atoms with Gasteiger partial charge in [-0.05, 0) is 36.1 Å². The van der Waals surface area contributed by atoms with Crippen LogP contribution in [0.1, 0.15) is 38.2 Å². The molecule has 1 rings (SSSR count). The Labute approximate surface area is 114 Å². The molecule has 0 fully saturated rings. The van der Waals surface area contributed by atoms with Crippen LogP contribution in [0.15, 0.2) is 30.3 Å². The summed E-state index contributed by atoms with van der Waals surface area (Å²) in [6.45, 7) is 2.16. The van der Waals surface area contributed by atoms with Crippen LogP contribution in [0.25, 0.3) is 5.57 Å². The van der Waals surface area contributed by atoms with Crippen molar-refractivity contribution in [2.45, 2.75) is 32.6 Å². The van der Waals surface area contributed by atoms with E-state index in [4.69, 9.17) is 16.3 Å². The third-order valence-electron chi connectivity index (χ3n) is 2.76. The molecule has 0 radical (unpaired) electrons. The molecule has 98 valence electrons. The van der Waals surface area contributed by atoms with Gasteiger partial charge in [0.25, 0.3) is 0 Å². The molecule has 0 saturated heterocycles. The molecule has 0 aliphatic rings. The Bertz CT molecular complexity index is 407. The maximum atomic E-state index is 11.4. The zero-order valence-electron chi connectivity index (χ0n) is 10.9. The lowest BCUT2D eigenvalue weighted by atomic mass is 9.99. The number of hydrogen-bond donors (Lipinski definition) is 0. The number of halogens is 1. The first-order valence-corrected chi connectivity index (χ1v) is 6.59. The van der Waals surface area contributed by atoms with Crippen molar-refractivity contribution in [2.75, 3.05) is 7.11 Å². The van der Waals surface area contributed by atoms with Crippen LogP contribution in [0, 0.1) is 0 Å². The molecule has 1 aromatic carbocycles. The Hall–Kier alpha value is -1.28. The second-order valence-electron chi connectivity index (χ2n) is 4.16. The van der Waals surface area contributed by atoms with Crippen molar-refractivity contribution in [3.63, 3.8) is 0 Å². The zero-order valence-corrected chi connectivity index (χ0v) is 11.7. The Morgan fingerprint density at radius 3 is 2.50 bits per heavy atom. The molecule has 0 aliphatic heterocycles. The molecule has 3 heteroatoms. The van der Waals surface area contributed by atoms with E-state index < -0.39 is 0 Å². The monoisotopic (exact) mass is 266 g/mol. The predicted molar refractivity (Wildman–Crippen MR) is 75.6 cm³/mol. The molecule has 0 aromatic heterocycles. The number of unbranched alkanes of at least 4 members (excludes halogenated alkanes) is 2. The number of ether oxygens (including phenoxy) is 1. The highest BCUT2D eigenvalue weighted by Crippen LogP contribution is 2.23. The molecule has 0 heterocycles. The zero-order chi connectivity index (χ0) is 13.4. The summed E-state index contributed by atoms with van der Waals surface area (Å²) in [4.78, 5) is 11.4. The van der Waals surface area contributed by atoms with Gasteiger partial charge in [-0.1, -0.05) is 43.5 Å². The Morgan fingerprint density at radius 1 is 1.28 bits per heavy atom. The predicted octanol–water partition coefficient (Wildman–Crippen LogP) is 4.48. The van der Waals surface area contributed by atoms with Crippen LogP contribution in [0.4, 0.5) is 0 Å². The van der Waals surface area contributed by atoms with Crippen molar-refractivity contribution in [3.8, 4) is 0 Å². The fourth-order valence-electron chi connectivity index (χ4n) is 1.73. The fraction of sp³-hybridized carbons (Fsp3) is 0.400. The van der Waals surface area contributed by atoms with Crippen LogP contribution in [0.5, 0.6) is 0 Å². The van der Waals surface area contributed by atoms with Crippen LogP contribution in [0.3, 0.4) is 0 Å². The van der Waals surface area contributed by atoms with E-state index in [0.29, 0.717) is 5.02 Å². The largest absolute Gasteiger partial charge is 0.466 e. The van der Waals surface area contributed by atoms with E-state index in [9.17, 15) is 4.79 Å². The third-order valence-corrected chi connectivity index (χ3v) is 3.01. The van der Waals surface area contributed by atoms with Crippen molar-refractivity contribution < 1.29 is 9.53 Å². The summed E-state index contributed by atoms with van der Waals surface area (Å²) in [7, 11) is 1.39. The molecule has 0 amide bonds. The quantitative estimate of drug-likeness (QED) is 0.431. The lowest BCUT2D eigenvalue weighted by Gasteiger charge is -2.07. The Kier molecular flexibility index (Phi) is 6.51. The summed E-state index contributed by atoms with van der Waals surface area (Å²) in [6, 6.07) is 7.54. The van der Waals surface area contributed by atoms with Crippen LogP contribution in [-0.2, 0) is 9.53 Å². The summed E-state index contributed by atoms with van der Waals surface area (Å²) in [6.07, 6.45) is 5.84. The molecular formula is C15H19ClO2. The fourth-order valence-corrected chi connectivity index (χ4v) is 1.86. The molecule has 0 N–H and O–H groups in total. The summed E-state index contributed by atoms with van der Waals surface area (Å²) in [5.41, 5.74) is 2.04. The van der Waals surface area contributed by atoms with E-state index in [0.717, 1.165) is 36.8 Å².